The van der Waals surface area contributed by atoms with Gasteiger partial charge in [0.1, 0.15) is 5.01 Å². The standard InChI is InChI=1S/C21H23N3O2S2/c25-20(11-19-15-28-21(23-19)18-4-9-27-14-18)22-12-16-2-1-3-17(10-16)13-24-5-7-26-8-6-24/h1-4,9-10,14-15H,5-8,11-13H2,(H,22,25). The van der Waals surface area contributed by atoms with E-state index >= 15 is 0 Å². The van der Waals surface area contributed by atoms with Crippen molar-refractivity contribution < 1.29 is 9.53 Å². The molecule has 0 bridgehead atoms. The molecule has 0 spiro atoms. The highest BCUT2D eigenvalue weighted by Gasteiger charge is 2.12. The molecule has 1 fully saturated rings. The van der Waals surface area contributed by atoms with Gasteiger partial charge in [0.25, 0.3) is 0 Å². The van der Waals surface area contributed by atoms with Gasteiger partial charge in [-0.05, 0) is 22.6 Å². The van der Waals surface area contributed by atoms with Crippen molar-refractivity contribution >= 4 is 28.6 Å². The van der Waals surface area contributed by atoms with E-state index in [4.69, 9.17) is 4.74 Å². The highest BCUT2D eigenvalue weighted by atomic mass is 32.1. The average molecular weight is 414 g/mol. The summed E-state index contributed by atoms with van der Waals surface area (Å²) >= 11 is 3.24. The van der Waals surface area contributed by atoms with Crippen molar-refractivity contribution in [2.24, 2.45) is 0 Å². The number of carbonyl (C=O) groups excluding carboxylic acids is 1. The number of carbonyl (C=O) groups is 1. The molecule has 4 rings (SSSR count). The molecule has 0 radical (unpaired) electrons. The molecule has 0 saturated carbocycles. The minimum atomic E-state index is 0.000695. The molecule has 0 aliphatic carbocycles. The number of thiazole rings is 1. The van der Waals surface area contributed by atoms with Gasteiger partial charge in [0.05, 0.1) is 25.3 Å². The number of hydrogen-bond donors (Lipinski definition) is 1. The first-order valence-electron chi connectivity index (χ1n) is 9.38. The van der Waals surface area contributed by atoms with Gasteiger partial charge in [0.2, 0.25) is 5.91 Å². The van der Waals surface area contributed by atoms with E-state index in [1.54, 1.807) is 22.7 Å². The molecule has 1 aromatic carbocycles. The smallest absolute Gasteiger partial charge is 0.226 e. The number of hydrogen-bond acceptors (Lipinski definition) is 6. The zero-order chi connectivity index (χ0) is 19.2. The first kappa shape index (κ1) is 19.3. The van der Waals surface area contributed by atoms with E-state index in [0.29, 0.717) is 13.0 Å². The summed E-state index contributed by atoms with van der Waals surface area (Å²) in [6, 6.07) is 10.5. The lowest BCUT2D eigenvalue weighted by molar-refractivity contribution is -0.120. The molecule has 28 heavy (non-hydrogen) atoms. The maximum Gasteiger partial charge on any atom is 0.226 e. The minimum absolute atomic E-state index is 0.000695. The number of amides is 1. The second-order valence-electron chi connectivity index (χ2n) is 6.82. The molecule has 1 saturated heterocycles. The highest BCUT2D eigenvalue weighted by Crippen LogP contribution is 2.25. The van der Waals surface area contributed by atoms with Gasteiger partial charge in [0, 0.05) is 42.5 Å². The SMILES string of the molecule is O=C(Cc1csc(-c2ccsc2)n1)NCc1cccc(CN2CCOCC2)c1. The fraction of sp³-hybridized carbons (Fsp3) is 0.333. The largest absolute Gasteiger partial charge is 0.379 e. The van der Waals surface area contributed by atoms with E-state index in [9.17, 15) is 4.79 Å². The van der Waals surface area contributed by atoms with Gasteiger partial charge in [-0.15, -0.1) is 11.3 Å². The molecule has 1 aliphatic heterocycles. The molecule has 2 aromatic heterocycles. The van der Waals surface area contributed by atoms with Crippen LogP contribution in [0.4, 0.5) is 0 Å². The van der Waals surface area contributed by atoms with Crippen LogP contribution in [0.5, 0.6) is 0 Å². The second kappa shape index (κ2) is 9.43. The summed E-state index contributed by atoms with van der Waals surface area (Å²) in [4.78, 5) is 19.3. The number of nitrogens with zero attached hydrogens (tertiary/aromatic N) is 2. The van der Waals surface area contributed by atoms with Crippen LogP contribution in [0.1, 0.15) is 16.8 Å². The third kappa shape index (κ3) is 5.26. The minimum Gasteiger partial charge on any atom is -0.379 e. The summed E-state index contributed by atoms with van der Waals surface area (Å²) in [6.07, 6.45) is 0.314. The van der Waals surface area contributed by atoms with Crippen LogP contribution in [0.25, 0.3) is 10.6 Å². The van der Waals surface area contributed by atoms with E-state index in [1.165, 1.54) is 5.56 Å². The van der Waals surface area contributed by atoms with Crippen molar-refractivity contribution in [2.45, 2.75) is 19.5 Å². The van der Waals surface area contributed by atoms with Gasteiger partial charge >= 0.3 is 0 Å². The van der Waals surface area contributed by atoms with E-state index in [2.05, 4.69) is 50.9 Å². The van der Waals surface area contributed by atoms with E-state index < -0.39 is 0 Å². The molecule has 1 aliphatic rings. The summed E-state index contributed by atoms with van der Waals surface area (Å²) < 4.78 is 5.40. The van der Waals surface area contributed by atoms with Crippen molar-refractivity contribution in [3.8, 4) is 10.6 Å². The molecule has 146 valence electrons. The zero-order valence-electron chi connectivity index (χ0n) is 15.6. The number of ether oxygens (including phenoxy) is 1. The second-order valence-corrected chi connectivity index (χ2v) is 8.46. The van der Waals surface area contributed by atoms with Gasteiger partial charge in [-0.2, -0.15) is 11.3 Å². The topological polar surface area (TPSA) is 54.5 Å². The van der Waals surface area contributed by atoms with Gasteiger partial charge in [-0.1, -0.05) is 24.3 Å². The Labute approximate surface area is 173 Å². The lowest BCUT2D eigenvalue weighted by Crippen LogP contribution is -2.35. The number of benzene rings is 1. The molecular weight excluding hydrogens is 390 g/mol. The number of morpholine rings is 1. The first-order chi connectivity index (χ1) is 13.8. The van der Waals surface area contributed by atoms with E-state index in [0.717, 1.165) is 54.7 Å². The molecule has 0 atom stereocenters. The Morgan fingerprint density at radius 3 is 2.86 bits per heavy atom. The summed E-state index contributed by atoms with van der Waals surface area (Å²) in [5.74, 6) is 0.000695. The lowest BCUT2D eigenvalue weighted by Gasteiger charge is -2.26. The van der Waals surface area contributed by atoms with Crippen LogP contribution in [-0.2, 0) is 29.0 Å². The molecule has 0 unspecified atom stereocenters. The number of rotatable bonds is 7. The molecule has 3 heterocycles. The third-order valence-corrected chi connectivity index (χ3v) is 6.28. The van der Waals surface area contributed by atoms with Crippen LogP contribution in [0.15, 0.2) is 46.5 Å². The molecule has 7 heteroatoms. The van der Waals surface area contributed by atoms with Crippen LogP contribution in [0, 0.1) is 0 Å². The Kier molecular flexibility index (Phi) is 6.49. The maximum absolute atomic E-state index is 12.3. The summed E-state index contributed by atoms with van der Waals surface area (Å²) in [5.41, 5.74) is 4.34. The third-order valence-electron chi connectivity index (χ3n) is 4.65. The summed E-state index contributed by atoms with van der Waals surface area (Å²) in [7, 11) is 0. The summed E-state index contributed by atoms with van der Waals surface area (Å²) in [6.45, 7) is 5.03. The summed E-state index contributed by atoms with van der Waals surface area (Å²) in [5, 5.41) is 10.1. The highest BCUT2D eigenvalue weighted by molar-refractivity contribution is 7.14. The van der Waals surface area contributed by atoms with E-state index in [-0.39, 0.29) is 5.91 Å². The van der Waals surface area contributed by atoms with Gasteiger partial charge in [-0.3, -0.25) is 9.69 Å². The van der Waals surface area contributed by atoms with Gasteiger partial charge in [0.15, 0.2) is 0 Å². The molecular formula is C21H23N3O2S2. The number of thiophene rings is 1. The van der Waals surface area contributed by atoms with Crippen LogP contribution in [0.2, 0.25) is 0 Å². The predicted molar refractivity (Wildman–Crippen MR) is 114 cm³/mol. The Balaban J connectivity index is 1.28. The Hall–Kier alpha value is -2.06. The number of aromatic nitrogens is 1. The van der Waals surface area contributed by atoms with Crippen LogP contribution in [0.3, 0.4) is 0 Å². The van der Waals surface area contributed by atoms with Gasteiger partial charge in [-0.25, -0.2) is 4.98 Å². The van der Waals surface area contributed by atoms with Crippen LogP contribution in [-0.4, -0.2) is 42.1 Å². The monoisotopic (exact) mass is 413 g/mol. The molecule has 3 aromatic rings. The van der Waals surface area contributed by atoms with Crippen molar-refractivity contribution in [1.29, 1.82) is 0 Å². The zero-order valence-corrected chi connectivity index (χ0v) is 17.2. The Morgan fingerprint density at radius 2 is 2.04 bits per heavy atom. The van der Waals surface area contributed by atoms with Crippen molar-refractivity contribution in [1.82, 2.24) is 15.2 Å². The quantitative estimate of drug-likeness (QED) is 0.643. The average Bonchev–Trinajstić information content (AvgIpc) is 3.39. The number of nitrogens with one attached hydrogen (secondary N) is 1. The molecule has 1 amide bonds. The fourth-order valence-electron chi connectivity index (χ4n) is 3.19. The van der Waals surface area contributed by atoms with Gasteiger partial charge < -0.3 is 10.1 Å². The van der Waals surface area contributed by atoms with Crippen molar-refractivity contribution in [3.05, 3.63) is 63.3 Å². The molecule has 1 N–H and O–H groups in total. The predicted octanol–water partition coefficient (Wildman–Crippen LogP) is 3.56. The Morgan fingerprint density at radius 1 is 1.18 bits per heavy atom. The van der Waals surface area contributed by atoms with Crippen molar-refractivity contribution in [2.75, 3.05) is 26.3 Å². The fourth-order valence-corrected chi connectivity index (χ4v) is 4.72. The van der Waals surface area contributed by atoms with Crippen LogP contribution < -0.4 is 5.32 Å². The van der Waals surface area contributed by atoms with Crippen LogP contribution >= 0.6 is 22.7 Å². The first-order valence-corrected chi connectivity index (χ1v) is 11.2. The lowest BCUT2D eigenvalue weighted by atomic mass is 10.1. The normalized spacial score (nSPS) is 14.9. The molecule has 5 nitrogen and oxygen atoms in total. The maximum atomic E-state index is 12.3. The van der Waals surface area contributed by atoms with Crippen molar-refractivity contribution in [3.63, 3.8) is 0 Å². The van der Waals surface area contributed by atoms with E-state index in [1.807, 2.05) is 10.8 Å². The Bertz CT molecular complexity index is 902.